The van der Waals surface area contributed by atoms with Gasteiger partial charge in [0, 0.05) is 35.7 Å². The number of hydrogen-bond acceptors (Lipinski definition) is 7. The summed E-state index contributed by atoms with van der Waals surface area (Å²) in [5, 5.41) is 20.8. The molecule has 3 amide bonds. The molecule has 0 saturated heterocycles. The van der Waals surface area contributed by atoms with Crippen molar-refractivity contribution < 1.29 is 24.2 Å². The average molecular weight is 670 g/mol. The summed E-state index contributed by atoms with van der Waals surface area (Å²) in [7, 11) is 0. The first kappa shape index (κ1) is 36.8. The predicted octanol–water partition coefficient (Wildman–Crippen LogP) is 5.46. The summed E-state index contributed by atoms with van der Waals surface area (Å²) in [6.07, 6.45) is 14.7. The number of benzene rings is 1. The van der Waals surface area contributed by atoms with E-state index < -0.39 is 41.8 Å². The van der Waals surface area contributed by atoms with Crippen LogP contribution in [0.25, 0.3) is 0 Å². The molecular weight excluding hydrogens is 614 g/mol. The number of thioether (sulfide) groups is 1. The Morgan fingerprint density at radius 1 is 0.915 bits per heavy atom. The van der Waals surface area contributed by atoms with Gasteiger partial charge < -0.3 is 30.8 Å². The van der Waals surface area contributed by atoms with E-state index in [1.807, 2.05) is 42.1 Å². The summed E-state index contributed by atoms with van der Waals surface area (Å²) >= 11 is 1.82. The van der Waals surface area contributed by atoms with Gasteiger partial charge in [0.2, 0.25) is 11.8 Å². The van der Waals surface area contributed by atoms with Gasteiger partial charge in [-0.05, 0) is 51.5 Å². The number of alkyl carbamates (subject to hydrolysis) is 1. The van der Waals surface area contributed by atoms with E-state index in [2.05, 4.69) is 25.9 Å². The van der Waals surface area contributed by atoms with Crippen LogP contribution in [0.5, 0.6) is 0 Å². The number of nitrogens with one attached hydrogen (secondary N) is 4. The Balaban J connectivity index is 1.50. The van der Waals surface area contributed by atoms with Crippen molar-refractivity contribution in [3.05, 3.63) is 54.1 Å². The van der Waals surface area contributed by atoms with E-state index >= 15 is 0 Å². The van der Waals surface area contributed by atoms with E-state index in [1.165, 1.54) is 57.7 Å². The monoisotopic (exact) mass is 669 g/mol. The fourth-order valence-electron chi connectivity index (χ4n) is 6.57. The molecule has 11 heteroatoms. The fourth-order valence-corrected chi connectivity index (χ4v) is 7.94. The zero-order valence-corrected chi connectivity index (χ0v) is 29.2. The Labute approximate surface area is 284 Å². The third-order valence-corrected chi connectivity index (χ3v) is 10.5. The number of aliphatic hydroxyl groups is 1. The van der Waals surface area contributed by atoms with E-state index in [0.717, 1.165) is 18.4 Å². The number of imidazole rings is 1. The van der Waals surface area contributed by atoms with Gasteiger partial charge in [0.1, 0.15) is 17.7 Å². The van der Waals surface area contributed by atoms with Gasteiger partial charge in [-0.3, -0.25) is 9.59 Å². The molecule has 0 spiro atoms. The lowest BCUT2D eigenvalue weighted by atomic mass is 9.83. The quantitative estimate of drug-likeness (QED) is 0.170. The van der Waals surface area contributed by atoms with Crippen LogP contribution in [0.15, 0.2) is 42.9 Å². The zero-order chi connectivity index (χ0) is 33.6. The van der Waals surface area contributed by atoms with Crippen LogP contribution < -0.4 is 16.0 Å². The van der Waals surface area contributed by atoms with Crippen molar-refractivity contribution >= 4 is 29.7 Å². The molecule has 0 unspecified atom stereocenters. The molecule has 4 atom stereocenters. The number of amides is 3. The van der Waals surface area contributed by atoms with Crippen LogP contribution in [-0.4, -0.2) is 73.8 Å². The normalized spacial score (nSPS) is 18.8. The first-order chi connectivity index (χ1) is 22.6. The van der Waals surface area contributed by atoms with E-state index in [-0.39, 0.29) is 18.7 Å². The van der Waals surface area contributed by atoms with E-state index in [9.17, 15) is 19.5 Å². The van der Waals surface area contributed by atoms with Crippen molar-refractivity contribution in [3.8, 4) is 0 Å². The van der Waals surface area contributed by atoms with E-state index in [4.69, 9.17) is 4.74 Å². The largest absolute Gasteiger partial charge is 0.444 e. The summed E-state index contributed by atoms with van der Waals surface area (Å²) in [4.78, 5) is 47.9. The van der Waals surface area contributed by atoms with E-state index in [0.29, 0.717) is 29.0 Å². The van der Waals surface area contributed by atoms with Gasteiger partial charge in [-0.2, -0.15) is 11.8 Å². The number of carbonyl (C=O) groups excluding carboxylic acids is 3. The van der Waals surface area contributed by atoms with Crippen molar-refractivity contribution in [1.82, 2.24) is 25.9 Å². The molecule has 2 aromatic rings. The molecule has 2 fully saturated rings. The highest BCUT2D eigenvalue weighted by atomic mass is 32.2. The van der Waals surface area contributed by atoms with Gasteiger partial charge in [0.05, 0.1) is 18.5 Å². The molecule has 47 heavy (non-hydrogen) atoms. The number of rotatable bonds is 15. The highest BCUT2D eigenvalue weighted by molar-refractivity contribution is 7.99. The number of ether oxygens (including phenoxy) is 1. The van der Waals surface area contributed by atoms with Gasteiger partial charge in [-0.25, -0.2) is 9.78 Å². The Kier molecular flexibility index (Phi) is 14.5. The Morgan fingerprint density at radius 2 is 1.55 bits per heavy atom. The summed E-state index contributed by atoms with van der Waals surface area (Å²) in [5.74, 6) is 0.138. The Bertz CT molecular complexity index is 1230. The predicted molar refractivity (Wildman–Crippen MR) is 186 cm³/mol. The fraction of sp³-hybridized carbons (Fsp3) is 0.667. The molecule has 0 bridgehead atoms. The number of hydrogen-bond donors (Lipinski definition) is 5. The second-order valence-corrected chi connectivity index (χ2v) is 15.6. The molecular formula is C36H55N5O5S. The number of aromatic amines is 1. The van der Waals surface area contributed by atoms with Crippen LogP contribution >= 0.6 is 11.8 Å². The third-order valence-electron chi connectivity index (χ3n) is 9.06. The lowest BCUT2D eigenvalue weighted by Gasteiger charge is -2.32. The minimum atomic E-state index is -0.986. The molecule has 260 valence electrons. The number of aliphatic hydroxyl groups excluding tert-OH is 1. The van der Waals surface area contributed by atoms with Crippen molar-refractivity contribution in [2.75, 3.05) is 5.75 Å². The van der Waals surface area contributed by atoms with Crippen molar-refractivity contribution in [2.24, 2.45) is 5.92 Å². The smallest absolute Gasteiger partial charge is 0.408 e. The first-order valence-corrected chi connectivity index (χ1v) is 18.5. The molecule has 2 aliphatic carbocycles. The third kappa shape index (κ3) is 13.2. The molecule has 1 heterocycles. The minimum Gasteiger partial charge on any atom is -0.444 e. The molecule has 2 saturated carbocycles. The van der Waals surface area contributed by atoms with Gasteiger partial charge in [-0.15, -0.1) is 0 Å². The highest BCUT2D eigenvalue weighted by Crippen LogP contribution is 2.31. The Hall–Kier alpha value is -3.05. The summed E-state index contributed by atoms with van der Waals surface area (Å²) in [6.45, 7) is 5.28. The van der Waals surface area contributed by atoms with Crippen LogP contribution in [0.3, 0.4) is 0 Å². The van der Waals surface area contributed by atoms with Gasteiger partial charge in [0.25, 0.3) is 0 Å². The van der Waals surface area contributed by atoms with Crippen molar-refractivity contribution in [1.29, 1.82) is 0 Å². The molecule has 5 N–H and O–H groups in total. The van der Waals surface area contributed by atoms with Crippen molar-refractivity contribution in [2.45, 2.75) is 139 Å². The standard InChI is InChI=1S/C36H55N5O5S/c1-36(2,3)46-35(45)41-30(20-26-15-9-5-10-16-26)33(43)40-31(21-27-22-37-24-38-27)34(44)39-29(19-25-13-7-4-8-14-25)32(42)23-47-28-17-11-6-12-18-28/h5,9-10,15-16,22,24-25,28-32,42H,4,6-8,11-14,17-21,23H2,1-3H3,(H,37,38)(H,39,44)(H,40,43)(H,41,45)/t29-,30-,31-,32-/m0/s1. The van der Waals surface area contributed by atoms with Crippen LogP contribution in [0.2, 0.25) is 0 Å². The molecule has 1 aromatic carbocycles. The maximum atomic E-state index is 14.1. The zero-order valence-electron chi connectivity index (χ0n) is 28.3. The van der Waals surface area contributed by atoms with Gasteiger partial charge >= 0.3 is 6.09 Å². The summed E-state index contributed by atoms with van der Waals surface area (Å²) in [6, 6.07) is 7.02. The minimum absolute atomic E-state index is 0.172. The number of carbonyl (C=O) groups is 3. The topological polar surface area (TPSA) is 145 Å². The molecule has 2 aliphatic rings. The van der Waals surface area contributed by atoms with Crippen LogP contribution in [0.1, 0.15) is 103 Å². The maximum Gasteiger partial charge on any atom is 0.408 e. The second kappa shape index (κ2) is 18.5. The molecule has 10 nitrogen and oxygen atoms in total. The van der Waals surface area contributed by atoms with Gasteiger partial charge in [0.15, 0.2) is 0 Å². The maximum absolute atomic E-state index is 14.1. The molecule has 0 radical (unpaired) electrons. The number of H-pyrrole nitrogens is 1. The first-order valence-electron chi connectivity index (χ1n) is 17.5. The number of aromatic nitrogens is 2. The summed E-state index contributed by atoms with van der Waals surface area (Å²) < 4.78 is 5.46. The highest BCUT2D eigenvalue weighted by Gasteiger charge is 2.33. The summed E-state index contributed by atoms with van der Waals surface area (Å²) in [5.41, 5.74) is 0.788. The second-order valence-electron chi connectivity index (χ2n) is 14.2. The van der Waals surface area contributed by atoms with Gasteiger partial charge in [-0.1, -0.05) is 81.7 Å². The average Bonchev–Trinajstić information content (AvgIpc) is 3.56. The van der Waals surface area contributed by atoms with Crippen LogP contribution in [0, 0.1) is 5.92 Å². The number of nitrogens with zero attached hydrogens (tertiary/aromatic N) is 1. The van der Waals surface area contributed by atoms with Crippen LogP contribution in [-0.2, 0) is 27.2 Å². The molecule has 0 aliphatic heterocycles. The lowest BCUT2D eigenvalue weighted by molar-refractivity contribution is -0.130. The van der Waals surface area contributed by atoms with Crippen molar-refractivity contribution in [3.63, 3.8) is 0 Å². The van der Waals surface area contributed by atoms with E-state index in [1.54, 1.807) is 27.0 Å². The van der Waals surface area contributed by atoms with Crippen LogP contribution in [0.4, 0.5) is 4.79 Å². The Morgan fingerprint density at radius 3 is 2.19 bits per heavy atom. The molecule has 1 aromatic heterocycles. The molecule has 4 rings (SSSR count). The lowest BCUT2D eigenvalue weighted by Crippen LogP contribution is -2.58. The SMILES string of the molecule is CC(C)(C)OC(=O)N[C@@H](Cc1ccccc1)C(=O)N[C@@H](Cc1cnc[nH]1)C(=O)N[C@@H](CC1CCCCC1)[C@@H](O)CSC1CCCCC1.